The van der Waals surface area contributed by atoms with Crippen LogP contribution < -0.4 is 0 Å². The monoisotopic (exact) mass is 295 g/mol. The van der Waals surface area contributed by atoms with Crippen LogP contribution in [-0.2, 0) is 0 Å². The normalized spacial score (nSPS) is 13.4. The molecule has 2 aromatic carbocycles. The number of hydrogen-bond donors (Lipinski definition) is 1. The molecule has 1 unspecified atom stereocenters. The molecule has 0 radical (unpaired) electrons. The molecule has 2 rings (SSSR count). The molecule has 0 bridgehead atoms. The average molecular weight is 295 g/mol. The first-order valence-electron chi connectivity index (χ1n) is 7.97. The topological polar surface area (TPSA) is 23.5 Å². The quantitative estimate of drug-likeness (QED) is 0.829. The van der Waals surface area contributed by atoms with E-state index in [9.17, 15) is 5.11 Å². The van der Waals surface area contributed by atoms with E-state index in [1.807, 2.05) is 48.5 Å². The first kappa shape index (κ1) is 16.5. The van der Waals surface area contributed by atoms with Crippen LogP contribution in [0, 0.1) is 0 Å². The lowest BCUT2D eigenvalue weighted by atomic mass is 9.95. The van der Waals surface area contributed by atoms with Gasteiger partial charge in [-0.2, -0.15) is 0 Å². The summed E-state index contributed by atoms with van der Waals surface area (Å²) >= 11 is 0. The highest BCUT2D eigenvalue weighted by Gasteiger charge is 2.15. The van der Waals surface area contributed by atoms with E-state index < -0.39 is 6.10 Å². The zero-order valence-corrected chi connectivity index (χ0v) is 13.4. The van der Waals surface area contributed by atoms with Crippen molar-refractivity contribution in [2.45, 2.75) is 20.0 Å². The molecule has 0 amide bonds. The van der Waals surface area contributed by atoms with Gasteiger partial charge in [0.15, 0.2) is 0 Å². The molecule has 0 saturated heterocycles. The first-order chi connectivity index (χ1) is 10.8. The van der Waals surface area contributed by atoms with E-state index in [0.29, 0.717) is 0 Å². The Labute approximate surface area is 133 Å². The van der Waals surface area contributed by atoms with Crippen molar-refractivity contribution in [3.05, 3.63) is 77.9 Å². The summed E-state index contributed by atoms with van der Waals surface area (Å²) < 4.78 is 0. The Morgan fingerprint density at radius 1 is 0.955 bits per heavy atom. The Hall–Kier alpha value is -1.90. The molecule has 0 aliphatic heterocycles. The zero-order valence-electron chi connectivity index (χ0n) is 13.4. The number of benzene rings is 2. The minimum absolute atomic E-state index is 0.598. The van der Waals surface area contributed by atoms with Crippen LogP contribution in [0.25, 0.3) is 5.57 Å². The minimum atomic E-state index is -0.598. The maximum atomic E-state index is 10.8. The summed E-state index contributed by atoms with van der Waals surface area (Å²) in [6, 6.07) is 20.0. The molecule has 0 saturated carbocycles. The molecular weight excluding hydrogens is 270 g/mol. The van der Waals surface area contributed by atoms with Crippen molar-refractivity contribution in [3.8, 4) is 0 Å². The van der Waals surface area contributed by atoms with Crippen LogP contribution in [0.15, 0.2) is 66.7 Å². The molecule has 2 aromatic rings. The highest BCUT2D eigenvalue weighted by atomic mass is 16.3. The molecular formula is C20H25NO. The summed E-state index contributed by atoms with van der Waals surface area (Å²) in [7, 11) is 0. The van der Waals surface area contributed by atoms with E-state index in [0.717, 1.165) is 36.3 Å². The van der Waals surface area contributed by atoms with Crippen LogP contribution in [0.3, 0.4) is 0 Å². The highest BCUT2D eigenvalue weighted by molar-refractivity contribution is 5.70. The standard InChI is InChI=1S/C20H25NO/c1-3-21(4-2)16-15-19(17-11-7-5-8-12-17)20(22)18-13-9-6-10-14-18/h5-15,20,22H,3-4,16H2,1-2H3/b19-15+. The van der Waals surface area contributed by atoms with Gasteiger partial charge in [0.1, 0.15) is 6.10 Å². The van der Waals surface area contributed by atoms with Crippen LogP contribution in [0.4, 0.5) is 0 Å². The highest BCUT2D eigenvalue weighted by Crippen LogP contribution is 2.29. The number of rotatable bonds is 7. The molecule has 1 atom stereocenters. The van der Waals surface area contributed by atoms with Crippen molar-refractivity contribution in [2.24, 2.45) is 0 Å². The largest absolute Gasteiger partial charge is 0.384 e. The predicted molar refractivity (Wildman–Crippen MR) is 93.6 cm³/mol. The number of likely N-dealkylation sites (N-methyl/N-ethyl adjacent to an activating group) is 1. The Morgan fingerprint density at radius 3 is 2.05 bits per heavy atom. The van der Waals surface area contributed by atoms with Gasteiger partial charge in [-0.3, -0.25) is 0 Å². The summed E-state index contributed by atoms with van der Waals surface area (Å²) in [6.07, 6.45) is 1.55. The van der Waals surface area contributed by atoms with Crippen molar-refractivity contribution >= 4 is 5.57 Å². The summed E-state index contributed by atoms with van der Waals surface area (Å²) in [5.41, 5.74) is 2.97. The van der Waals surface area contributed by atoms with E-state index in [-0.39, 0.29) is 0 Å². The number of aliphatic hydroxyl groups is 1. The van der Waals surface area contributed by atoms with Gasteiger partial charge in [-0.1, -0.05) is 80.6 Å². The van der Waals surface area contributed by atoms with Crippen molar-refractivity contribution in [1.82, 2.24) is 4.90 Å². The lowest BCUT2D eigenvalue weighted by molar-refractivity contribution is 0.237. The second-order valence-electron chi connectivity index (χ2n) is 5.32. The van der Waals surface area contributed by atoms with Gasteiger partial charge in [-0.25, -0.2) is 0 Å². The summed E-state index contributed by atoms with van der Waals surface area (Å²) in [5.74, 6) is 0. The summed E-state index contributed by atoms with van der Waals surface area (Å²) in [6.45, 7) is 7.19. The molecule has 1 N–H and O–H groups in total. The predicted octanol–water partition coefficient (Wildman–Crippen LogP) is 4.15. The number of aliphatic hydroxyl groups excluding tert-OH is 1. The van der Waals surface area contributed by atoms with Gasteiger partial charge >= 0.3 is 0 Å². The third kappa shape index (κ3) is 4.30. The lowest BCUT2D eigenvalue weighted by Crippen LogP contribution is -2.23. The molecule has 0 fully saturated rings. The maximum absolute atomic E-state index is 10.8. The molecule has 0 aliphatic carbocycles. The number of nitrogens with zero attached hydrogens (tertiary/aromatic N) is 1. The van der Waals surface area contributed by atoms with Crippen LogP contribution in [0.2, 0.25) is 0 Å². The minimum Gasteiger partial charge on any atom is -0.384 e. The third-order valence-electron chi connectivity index (χ3n) is 3.98. The first-order valence-corrected chi connectivity index (χ1v) is 7.97. The van der Waals surface area contributed by atoms with Gasteiger partial charge in [0.25, 0.3) is 0 Å². The Morgan fingerprint density at radius 2 is 1.50 bits per heavy atom. The van der Waals surface area contributed by atoms with E-state index >= 15 is 0 Å². The van der Waals surface area contributed by atoms with E-state index in [1.165, 1.54) is 0 Å². The van der Waals surface area contributed by atoms with Gasteiger partial charge in [0.05, 0.1) is 0 Å². The fraction of sp³-hybridized carbons (Fsp3) is 0.300. The van der Waals surface area contributed by atoms with Crippen molar-refractivity contribution in [1.29, 1.82) is 0 Å². The van der Waals surface area contributed by atoms with Gasteiger partial charge < -0.3 is 10.0 Å². The van der Waals surface area contributed by atoms with Crippen molar-refractivity contribution in [3.63, 3.8) is 0 Å². The molecule has 0 aliphatic rings. The maximum Gasteiger partial charge on any atom is 0.104 e. The van der Waals surface area contributed by atoms with Crippen molar-refractivity contribution in [2.75, 3.05) is 19.6 Å². The number of hydrogen-bond acceptors (Lipinski definition) is 2. The van der Waals surface area contributed by atoms with E-state index in [4.69, 9.17) is 0 Å². The van der Waals surface area contributed by atoms with Crippen LogP contribution >= 0.6 is 0 Å². The van der Waals surface area contributed by atoms with E-state index in [1.54, 1.807) is 0 Å². The fourth-order valence-electron chi connectivity index (χ4n) is 2.54. The Balaban J connectivity index is 2.31. The second kappa shape index (κ2) is 8.52. The van der Waals surface area contributed by atoms with Crippen molar-refractivity contribution < 1.29 is 5.11 Å². The lowest BCUT2D eigenvalue weighted by Gasteiger charge is -2.20. The SMILES string of the molecule is CCN(CC)C/C=C(\c1ccccc1)C(O)c1ccccc1. The van der Waals surface area contributed by atoms with Crippen LogP contribution in [0.1, 0.15) is 31.1 Å². The summed E-state index contributed by atoms with van der Waals surface area (Å²) in [5, 5.41) is 10.8. The summed E-state index contributed by atoms with van der Waals surface area (Å²) in [4.78, 5) is 2.33. The molecule has 0 aromatic heterocycles. The molecule has 22 heavy (non-hydrogen) atoms. The van der Waals surface area contributed by atoms with Crippen LogP contribution in [0.5, 0.6) is 0 Å². The molecule has 2 heteroatoms. The van der Waals surface area contributed by atoms with E-state index in [2.05, 4.69) is 37.0 Å². The second-order valence-corrected chi connectivity index (χ2v) is 5.32. The fourth-order valence-corrected chi connectivity index (χ4v) is 2.54. The molecule has 0 spiro atoms. The van der Waals surface area contributed by atoms with Gasteiger partial charge in [-0.05, 0) is 29.8 Å². The van der Waals surface area contributed by atoms with Crippen LogP contribution in [-0.4, -0.2) is 29.6 Å². The molecule has 2 nitrogen and oxygen atoms in total. The molecule has 116 valence electrons. The third-order valence-corrected chi connectivity index (χ3v) is 3.98. The smallest absolute Gasteiger partial charge is 0.104 e. The van der Waals surface area contributed by atoms with Gasteiger partial charge in [-0.15, -0.1) is 0 Å². The Bertz CT molecular complexity index is 573. The Kier molecular flexibility index (Phi) is 6.38. The van der Waals surface area contributed by atoms with Gasteiger partial charge in [0.2, 0.25) is 0 Å². The van der Waals surface area contributed by atoms with Gasteiger partial charge in [0, 0.05) is 6.54 Å². The zero-order chi connectivity index (χ0) is 15.8. The molecule has 0 heterocycles. The average Bonchev–Trinajstić information content (AvgIpc) is 2.60.